The molecule has 16 heavy (non-hydrogen) atoms. The Bertz CT molecular complexity index is 320. The van der Waals surface area contributed by atoms with Gasteiger partial charge in [-0.05, 0) is 36.5 Å². The van der Waals surface area contributed by atoms with Crippen molar-refractivity contribution in [1.29, 1.82) is 0 Å². The van der Waals surface area contributed by atoms with Gasteiger partial charge in [0, 0.05) is 4.47 Å². The van der Waals surface area contributed by atoms with E-state index in [0.717, 1.165) is 17.0 Å². The summed E-state index contributed by atoms with van der Waals surface area (Å²) in [5, 5.41) is 0. The first-order valence-electron chi connectivity index (χ1n) is 6.10. The van der Waals surface area contributed by atoms with Crippen LogP contribution in [0.3, 0.4) is 0 Å². The predicted octanol–water partition coefficient (Wildman–Crippen LogP) is 4.54. The molecule has 1 fully saturated rings. The molecule has 0 saturated heterocycles. The van der Waals surface area contributed by atoms with Crippen LogP contribution >= 0.6 is 15.9 Å². The van der Waals surface area contributed by atoms with Crippen molar-refractivity contribution in [2.75, 3.05) is 0 Å². The summed E-state index contributed by atoms with van der Waals surface area (Å²) in [6.45, 7) is 3.08. The molecular weight excluding hydrogens is 264 g/mol. The topological polar surface area (TPSA) is 9.23 Å². The molecule has 2 heteroatoms. The van der Waals surface area contributed by atoms with Crippen molar-refractivity contribution in [3.8, 4) is 0 Å². The fourth-order valence-electron chi connectivity index (χ4n) is 2.32. The smallest absolute Gasteiger partial charge is 0.0720 e. The second kappa shape index (κ2) is 5.83. The van der Waals surface area contributed by atoms with E-state index in [2.05, 4.69) is 47.1 Å². The summed E-state index contributed by atoms with van der Waals surface area (Å²) in [6.07, 6.45) is 5.65. The zero-order valence-electron chi connectivity index (χ0n) is 9.79. The Hall–Kier alpha value is -0.340. The molecule has 88 valence electrons. The van der Waals surface area contributed by atoms with Gasteiger partial charge in [0.25, 0.3) is 0 Å². The number of benzene rings is 1. The van der Waals surface area contributed by atoms with E-state index in [-0.39, 0.29) is 0 Å². The monoisotopic (exact) mass is 282 g/mol. The van der Waals surface area contributed by atoms with Crippen LogP contribution in [0.15, 0.2) is 28.7 Å². The minimum Gasteiger partial charge on any atom is -0.374 e. The van der Waals surface area contributed by atoms with E-state index < -0.39 is 0 Å². The Kier molecular flexibility index (Phi) is 4.42. The van der Waals surface area contributed by atoms with Crippen molar-refractivity contribution < 1.29 is 4.74 Å². The molecule has 1 aromatic rings. The normalized spacial score (nSPS) is 25.6. The average Bonchev–Trinajstić information content (AvgIpc) is 2.28. The third kappa shape index (κ3) is 3.60. The maximum absolute atomic E-state index is 5.96. The van der Waals surface area contributed by atoms with Gasteiger partial charge in [0.1, 0.15) is 0 Å². The summed E-state index contributed by atoms with van der Waals surface area (Å²) in [5.74, 6) is 0.837. The summed E-state index contributed by atoms with van der Waals surface area (Å²) in [4.78, 5) is 0. The fraction of sp³-hybridized carbons (Fsp3) is 0.571. The van der Waals surface area contributed by atoms with Crippen molar-refractivity contribution in [2.45, 2.75) is 45.3 Å². The maximum atomic E-state index is 5.96. The second-order valence-corrected chi connectivity index (χ2v) is 5.75. The number of hydrogen-bond acceptors (Lipinski definition) is 1. The highest BCUT2D eigenvalue weighted by atomic mass is 79.9. The van der Waals surface area contributed by atoms with E-state index in [9.17, 15) is 0 Å². The summed E-state index contributed by atoms with van der Waals surface area (Å²) in [5.41, 5.74) is 1.27. The van der Waals surface area contributed by atoms with Gasteiger partial charge in [-0.2, -0.15) is 0 Å². The molecule has 1 aromatic carbocycles. The molecule has 0 aromatic heterocycles. The van der Waals surface area contributed by atoms with Gasteiger partial charge in [0.05, 0.1) is 12.7 Å². The van der Waals surface area contributed by atoms with E-state index in [4.69, 9.17) is 4.74 Å². The molecule has 0 radical (unpaired) electrons. The Morgan fingerprint density at radius 2 is 2.00 bits per heavy atom. The van der Waals surface area contributed by atoms with Crippen molar-refractivity contribution in [3.05, 3.63) is 34.3 Å². The lowest BCUT2D eigenvalue weighted by atomic mass is 9.89. The number of ether oxygens (including phenoxy) is 1. The molecule has 0 heterocycles. The molecule has 1 aliphatic carbocycles. The zero-order valence-corrected chi connectivity index (χ0v) is 11.4. The van der Waals surface area contributed by atoms with Crippen molar-refractivity contribution in [2.24, 2.45) is 5.92 Å². The first-order valence-corrected chi connectivity index (χ1v) is 6.89. The van der Waals surface area contributed by atoms with Gasteiger partial charge in [0.15, 0.2) is 0 Å². The highest BCUT2D eigenvalue weighted by Gasteiger charge is 2.18. The zero-order chi connectivity index (χ0) is 11.4. The number of hydrogen-bond donors (Lipinski definition) is 0. The molecule has 0 bridgehead atoms. The lowest BCUT2D eigenvalue weighted by Crippen LogP contribution is -2.21. The quantitative estimate of drug-likeness (QED) is 0.791. The van der Waals surface area contributed by atoms with E-state index in [1.807, 2.05) is 0 Å². The van der Waals surface area contributed by atoms with Gasteiger partial charge >= 0.3 is 0 Å². The molecule has 2 unspecified atom stereocenters. The average molecular weight is 283 g/mol. The van der Waals surface area contributed by atoms with Crippen LogP contribution in [-0.4, -0.2) is 6.10 Å². The van der Waals surface area contributed by atoms with E-state index >= 15 is 0 Å². The van der Waals surface area contributed by atoms with Crippen molar-refractivity contribution >= 4 is 15.9 Å². The Balaban J connectivity index is 1.80. The molecule has 0 aliphatic heterocycles. The van der Waals surface area contributed by atoms with Crippen LogP contribution < -0.4 is 0 Å². The largest absolute Gasteiger partial charge is 0.374 e. The molecule has 2 rings (SSSR count). The van der Waals surface area contributed by atoms with Crippen LogP contribution in [0.2, 0.25) is 0 Å². The molecule has 1 nitrogen and oxygen atoms in total. The predicted molar refractivity (Wildman–Crippen MR) is 70.4 cm³/mol. The van der Waals surface area contributed by atoms with Gasteiger partial charge in [-0.3, -0.25) is 0 Å². The highest BCUT2D eigenvalue weighted by Crippen LogP contribution is 2.26. The summed E-state index contributed by atoms with van der Waals surface area (Å²) >= 11 is 3.44. The standard InChI is InChI=1S/C14H19BrO/c1-11-3-2-4-14(9-11)16-10-12-5-7-13(15)8-6-12/h5-8,11,14H,2-4,9-10H2,1H3. The van der Waals surface area contributed by atoms with Crippen LogP contribution in [-0.2, 0) is 11.3 Å². The number of halogens is 1. The first-order chi connectivity index (χ1) is 7.74. The number of rotatable bonds is 3. The van der Waals surface area contributed by atoms with E-state index in [0.29, 0.717) is 6.10 Å². The highest BCUT2D eigenvalue weighted by molar-refractivity contribution is 9.10. The molecule has 0 spiro atoms. The van der Waals surface area contributed by atoms with Crippen LogP contribution in [0.5, 0.6) is 0 Å². The summed E-state index contributed by atoms with van der Waals surface area (Å²) < 4.78 is 7.09. The molecule has 1 aliphatic rings. The van der Waals surface area contributed by atoms with Gasteiger partial charge in [-0.25, -0.2) is 0 Å². The Morgan fingerprint density at radius 1 is 1.25 bits per heavy atom. The Labute approximate surface area is 106 Å². The molecule has 0 amide bonds. The fourth-order valence-corrected chi connectivity index (χ4v) is 2.59. The SMILES string of the molecule is CC1CCCC(OCc2ccc(Br)cc2)C1. The van der Waals surface area contributed by atoms with Gasteiger partial charge in [-0.1, -0.05) is 47.8 Å². The van der Waals surface area contributed by atoms with E-state index in [1.165, 1.54) is 31.2 Å². The third-order valence-electron chi connectivity index (χ3n) is 3.29. The molecular formula is C14H19BrO. The van der Waals surface area contributed by atoms with Crippen LogP contribution in [0, 0.1) is 5.92 Å². The molecule has 1 saturated carbocycles. The van der Waals surface area contributed by atoms with Crippen LogP contribution in [0.4, 0.5) is 0 Å². The third-order valence-corrected chi connectivity index (χ3v) is 3.82. The maximum Gasteiger partial charge on any atom is 0.0720 e. The Morgan fingerprint density at radius 3 is 2.69 bits per heavy atom. The minimum absolute atomic E-state index is 0.479. The van der Waals surface area contributed by atoms with Gasteiger partial charge in [0.2, 0.25) is 0 Å². The van der Waals surface area contributed by atoms with E-state index in [1.54, 1.807) is 0 Å². The molecule has 0 N–H and O–H groups in total. The van der Waals surface area contributed by atoms with Crippen molar-refractivity contribution in [3.63, 3.8) is 0 Å². The summed E-state index contributed by atoms with van der Waals surface area (Å²) in [7, 11) is 0. The van der Waals surface area contributed by atoms with Gasteiger partial charge < -0.3 is 4.74 Å². The lowest BCUT2D eigenvalue weighted by molar-refractivity contribution is 0.00467. The summed E-state index contributed by atoms with van der Waals surface area (Å²) in [6, 6.07) is 8.39. The first kappa shape index (κ1) is 12.1. The van der Waals surface area contributed by atoms with Crippen molar-refractivity contribution in [1.82, 2.24) is 0 Å². The van der Waals surface area contributed by atoms with Crippen LogP contribution in [0.1, 0.15) is 38.2 Å². The molecule has 2 atom stereocenters. The minimum atomic E-state index is 0.479. The lowest BCUT2D eigenvalue weighted by Gasteiger charge is -2.26. The van der Waals surface area contributed by atoms with Crippen LogP contribution in [0.25, 0.3) is 0 Å². The van der Waals surface area contributed by atoms with Gasteiger partial charge in [-0.15, -0.1) is 0 Å². The second-order valence-electron chi connectivity index (χ2n) is 4.83.